The van der Waals surface area contributed by atoms with E-state index in [4.69, 9.17) is 17.3 Å². The van der Waals surface area contributed by atoms with Crippen LogP contribution in [0.3, 0.4) is 0 Å². The van der Waals surface area contributed by atoms with Crippen molar-refractivity contribution in [3.05, 3.63) is 56.1 Å². The van der Waals surface area contributed by atoms with E-state index in [0.29, 0.717) is 16.2 Å². The summed E-state index contributed by atoms with van der Waals surface area (Å²) in [5.74, 6) is -0.333. The van der Waals surface area contributed by atoms with Gasteiger partial charge in [-0.25, -0.2) is 0 Å². The number of nitrogen functional groups attached to an aromatic ring is 1. The molecule has 21 heavy (non-hydrogen) atoms. The van der Waals surface area contributed by atoms with Crippen LogP contribution in [0.25, 0.3) is 5.65 Å². The number of carbonyl (C=O) groups is 1. The Morgan fingerprint density at radius 1 is 1.38 bits per heavy atom. The molecule has 1 amide bonds. The van der Waals surface area contributed by atoms with Crippen molar-refractivity contribution in [2.75, 3.05) is 11.1 Å². The molecule has 6 nitrogen and oxygen atoms in total. The maximum atomic E-state index is 12.0. The number of nitrogens with one attached hydrogen (secondary N) is 1. The number of nitrogens with zero attached hydrogens (tertiary/aromatic N) is 2. The fourth-order valence-corrected chi connectivity index (χ4v) is 2.63. The highest BCUT2D eigenvalue weighted by molar-refractivity contribution is 7.08. The second-order valence-electron chi connectivity index (χ2n) is 4.22. The van der Waals surface area contributed by atoms with Crippen LogP contribution in [0.15, 0.2) is 40.0 Å². The molecule has 0 atom stereocenters. The Morgan fingerprint density at radius 3 is 2.90 bits per heavy atom. The summed E-state index contributed by atoms with van der Waals surface area (Å²) < 4.78 is 1.45. The van der Waals surface area contributed by atoms with Gasteiger partial charge in [-0.15, -0.1) is 0 Å². The minimum absolute atomic E-state index is 0.0639. The zero-order chi connectivity index (χ0) is 15.0. The summed E-state index contributed by atoms with van der Waals surface area (Å²) >= 11 is 7.28. The standard InChI is InChI=1S/C13H9ClN4O2S/c14-8-1-2-9-16-13(20)10(11(15)18(9)5-8)17-12(19)7-3-4-21-6-7/h1-6H,15H2,(H,17,19). The molecule has 3 aromatic rings. The second-order valence-corrected chi connectivity index (χ2v) is 5.44. The number of carbonyl (C=O) groups excluding carboxylic acids is 1. The van der Waals surface area contributed by atoms with Crippen LogP contribution in [0.4, 0.5) is 11.5 Å². The summed E-state index contributed by atoms with van der Waals surface area (Å²) in [7, 11) is 0. The third-order valence-corrected chi connectivity index (χ3v) is 3.77. The van der Waals surface area contributed by atoms with Gasteiger partial charge < -0.3 is 11.1 Å². The Bertz CT molecular complexity index is 889. The van der Waals surface area contributed by atoms with Gasteiger partial charge in [0.05, 0.1) is 10.6 Å². The molecule has 0 bridgehead atoms. The maximum absolute atomic E-state index is 12.0. The molecule has 0 fully saturated rings. The molecule has 0 aliphatic rings. The van der Waals surface area contributed by atoms with Crippen molar-refractivity contribution in [2.45, 2.75) is 0 Å². The summed E-state index contributed by atoms with van der Waals surface area (Å²) in [6.45, 7) is 0. The highest BCUT2D eigenvalue weighted by Gasteiger charge is 2.15. The van der Waals surface area contributed by atoms with Crippen LogP contribution in [0.2, 0.25) is 5.02 Å². The Labute approximate surface area is 127 Å². The first-order valence-corrected chi connectivity index (χ1v) is 7.19. The molecular formula is C13H9ClN4O2S. The first-order valence-electron chi connectivity index (χ1n) is 5.87. The molecule has 0 aromatic carbocycles. The zero-order valence-corrected chi connectivity index (χ0v) is 12.1. The van der Waals surface area contributed by atoms with Crippen molar-refractivity contribution in [2.24, 2.45) is 0 Å². The van der Waals surface area contributed by atoms with Gasteiger partial charge in [-0.05, 0) is 23.6 Å². The lowest BCUT2D eigenvalue weighted by molar-refractivity contribution is 0.102. The highest BCUT2D eigenvalue weighted by Crippen LogP contribution is 2.18. The van der Waals surface area contributed by atoms with Crippen LogP contribution >= 0.6 is 22.9 Å². The molecule has 3 rings (SSSR count). The smallest absolute Gasteiger partial charge is 0.299 e. The van der Waals surface area contributed by atoms with Crippen LogP contribution in [0.5, 0.6) is 0 Å². The molecule has 0 aliphatic heterocycles. The van der Waals surface area contributed by atoms with Gasteiger partial charge in [0.2, 0.25) is 0 Å². The van der Waals surface area contributed by atoms with Gasteiger partial charge in [0.1, 0.15) is 11.5 Å². The second kappa shape index (κ2) is 5.19. The highest BCUT2D eigenvalue weighted by atomic mass is 35.5. The normalized spacial score (nSPS) is 10.7. The lowest BCUT2D eigenvalue weighted by atomic mass is 10.3. The van der Waals surface area contributed by atoms with Gasteiger partial charge in [0.25, 0.3) is 11.5 Å². The number of anilines is 2. The van der Waals surface area contributed by atoms with Crippen molar-refractivity contribution in [1.29, 1.82) is 0 Å². The number of fused-ring (bicyclic) bond motifs is 1. The molecule has 3 heterocycles. The number of nitrogens with two attached hydrogens (primary N) is 1. The number of pyridine rings is 1. The molecule has 3 N–H and O–H groups in total. The monoisotopic (exact) mass is 320 g/mol. The predicted molar refractivity (Wildman–Crippen MR) is 83.2 cm³/mol. The van der Waals surface area contributed by atoms with Gasteiger partial charge in [0, 0.05) is 11.6 Å². The van der Waals surface area contributed by atoms with Crippen molar-refractivity contribution in [3.63, 3.8) is 0 Å². The molecule has 0 aliphatic carbocycles. The number of halogens is 1. The summed E-state index contributed by atoms with van der Waals surface area (Å²) in [5, 5.41) is 6.38. The largest absolute Gasteiger partial charge is 0.383 e. The van der Waals surface area contributed by atoms with E-state index in [1.54, 1.807) is 29.0 Å². The van der Waals surface area contributed by atoms with Crippen molar-refractivity contribution in [1.82, 2.24) is 9.38 Å². The molecule has 8 heteroatoms. The number of hydrogen-bond acceptors (Lipinski definition) is 5. The van der Waals surface area contributed by atoms with Gasteiger partial charge in [-0.3, -0.25) is 14.0 Å². The number of hydrogen-bond donors (Lipinski definition) is 2. The minimum Gasteiger partial charge on any atom is -0.383 e. The van der Waals surface area contributed by atoms with E-state index in [-0.39, 0.29) is 11.5 Å². The van der Waals surface area contributed by atoms with Crippen LogP contribution in [-0.4, -0.2) is 15.3 Å². The number of aromatic nitrogens is 2. The third-order valence-electron chi connectivity index (χ3n) is 2.86. The molecule has 0 saturated carbocycles. The van der Waals surface area contributed by atoms with E-state index in [9.17, 15) is 9.59 Å². The molecule has 106 valence electrons. The van der Waals surface area contributed by atoms with Crippen LogP contribution in [0.1, 0.15) is 10.4 Å². The van der Waals surface area contributed by atoms with E-state index in [1.165, 1.54) is 21.9 Å². The Balaban J connectivity index is 2.10. The predicted octanol–water partition coefficient (Wildman–Crippen LogP) is 2.24. The Morgan fingerprint density at radius 2 is 2.19 bits per heavy atom. The van der Waals surface area contributed by atoms with E-state index in [2.05, 4.69) is 10.3 Å². The lowest BCUT2D eigenvalue weighted by Crippen LogP contribution is -2.23. The van der Waals surface area contributed by atoms with E-state index in [1.807, 2.05) is 0 Å². The van der Waals surface area contributed by atoms with Crippen LogP contribution < -0.4 is 16.6 Å². The quantitative estimate of drug-likeness (QED) is 0.757. The SMILES string of the molecule is Nc1c(NC(=O)c2ccsc2)c(=O)nc2ccc(Cl)cn12. The minimum atomic E-state index is -0.599. The summed E-state index contributed by atoms with van der Waals surface area (Å²) in [5.41, 5.74) is 6.09. The molecule has 0 spiro atoms. The van der Waals surface area contributed by atoms with E-state index in [0.717, 1.165) is 0 Å². The average molecular weight is 321 g/mol. The molecule has 0 radical (unpaired) electrons. The van der Waals surface area contributed by atoms with Crippen LogP contribution in [-0.2, 0) is 0 Å². The topological polar surface area (TPSA) is 89.5 Å². The summed E-state index contributed by atoms with van der Waals surface area (Å²) in [4.78, 5) is 27.9. The fourth-order valence-electron chi connectivity index (χ4n) is 1.84. The van der Waals surface area contributed by atoms with E-state index >= 15 is 0 Å². The van der Waals surface area contributed by atoms with Crippen LogP contribution in [0, 0.1) is 0 Å². The number of rotatable bonds is 2. The van der Waals surface area contributed by atoms with Gasteiger partial charge in [-0.2, -0.15) is 16.3 Å². The summed E-state index contributed by atoms with van der Waals surface area (Å²) in [6, 6.07) is 4.83. The fraction of sp³-hybridized carbons (Fsp3) is 0. The Hall–Kier alpha value is -2.38. The van der Waals surface area contributed by atoms with E-state index < -0.39 is 11.5 Å². The van der Waals surface area contributed by atoms with Crippen molar-refractivity contribution >= 4 is 46.0 Å². The van der Waals surface area contributed by atoms with Gasteiger partial charge >= 0.3 is 0 Å². The molecule has 0 unspecified atom stereocenters. The Kier molecular flexibility index (Phi) is 3.36. The first kappa shape index (κ1) is 13.6. The molecular weight excluding hydrogens is 312 g/mol. The van der Waals surface area contributed by atoms with Crippen molar-refractivity contribution < 1.29 is 4.79 Å². The third kappa shape index (κ3) is 2.48. The lowest BCUT2D eigenvalue weighted by Gasteiger charge is -2.10. The summed E-state index contributed by atoms with van der Waals surface area (Å²) in [6.07, 6.45) is 1.53. The number of amides is 1. The molecule has 3 aromatic heterocycles. The average Bonchev–Trinajstić information content (AvgIpc) is 2.98. The van der Waals surface area contributed by atoms with Gasteiger partial charge in [0.15, 0.2) is 5.69 Å². The van der Waals surface area contributed by atoms with Crippen molar-refractivity contribution in [3.8, 4) is 0 Å². The number of thiophene rings is 1. The van der Waals surface area contributed by atoms with Gasteiger partial charge in [-0.1, -0.05) is 11.6 Å². The molecule has 0 saturated heterocycles. The zero-order valence-electron chi connectivity index (χ0n) is 10.5. The maximum Gasteiger partial charge on any atom is 0.299 e. The first-order chi connectivity index (χ1) is 10.1.